The summed E-state index contributed by atoms with van der Waals surface area (Å²) in [5.41, 5.74) is 3.93. The van der Waals surface area contributed by atoms with Crippen molar-refractivity contribution in [2.75, 3.05) is 26.8 Å². The fraction of sp³-hybridized carbons (Fsp3) is 0.478. The van der Waals surface area contributed by atoms with Gasteiger partial charge in [0, 0.05) is 13.7 Å². The number of rotatable bonds is 7. The molecule has 2 heterocycles. The van der Waals surface area contributed by atoms with Crippen LogP contribution in [0.2, 0.25) is 0 Å². The Balaban J connectivity index is 1.29. The Morgan fingerprint density at radius 3 is 2.52 bits per heavy atom. The van der Waals surface area contributed by atoms with Gasteiger partial charge in [-0.1, -0.05) is 36.4 Å². The van der Waals surface area contributed by atoms with Gasteiger partial charge in [0.25, 0.3) is 0 Å². The Morgan fingerprint density at radius 2 is 1.74 bits per heavy atom. The van der Waals surface area contributed by atoms with Crippen LogP contribution in [0.3, 0.4) is 0 Å². The number of nitrogens with one attached hydrogen (secondary N) is 2. The van der Waals surface area contributed by atoms with E-state index in [1.807, 2.05) is 12.1 Å². The minimum Gasteiger partial charge on any atom is -0.489 e. The highest BCUT2D eigenvalue weighted by Crippen LogP contribution is 2.32. The fourth-order valence-electron chi connectivity index (χ4n) is 4.25. The molecule has 27 heavy (non-hydrogen) atoms. The van der Waals surface area contributed by atoms with Crippen LogP contribution in [-0.4, -0.2) is 33.0 Å². The van der Waals surface area contributed by atoms with E-state index in [-0.39, 0.29) is 0 Å². The smallest absolute Gasteiger partial charge is 0.119 e. The summed E-state index contributed by atoms with van der Waals surface area (Å²) < 4.78 is 11.1. The summed E-state index contributed by atoms with van der Waals surface area (Å²) in [6.07, 6.45) is 4.06. The highest BCUT2D eigenvalue weighted by Gasteiger charge is 2.33. The van der Waals surface area contributed by atoms with E-state index in [4.69, 9.17) is 9.47 Å². The zero-order valence-electron chi connectivity index (χ0n) is 16.1. The quantitative estimate of drug-likeness (QED) is 0.787. The molecule has 2 saturated heterocycles. The minimum atomic E-state index is 0.537. The average molecular weight is 367 g/mol. The summed E-state index contributed by atoms with van der Waals surface area (Å²) in [6.45, 7) is 3.58. The van der Waals surface area contributed by atoms with Gasteiger partial charge in [0.1, 0.15) is 12.4 Å². The predicted molar refractivity (Wildman–Crippen MR) is 108 cm³/mol. The van der Waals surface area contributed by atoms with Crippen molar-refractivity contribution in [3.63, 3.8) is 0 Å². The third kappa shape index (κ3) is 4.70. The van der Waals surface area contributed by atoms with Crippen molar-refractivity contribution in [3.05, 3.63) is 65.2 Å². The molecule has 0 bridgehead atoms. The number of piperidine rings is 1. The largest absolute Gasteiger partial charge is 0.489 e. The van der Waals surface area contributed by atoms with Gasteiger partial charge in [0.2, 0.25) is 0 Å². The van der Waals surface area contributed by atoms with Gasteiger partial charge in [-0.15, -0.1) is 0 Å². The zero-order chi connectivity index (χ0) is 18.5. The summed E-state index contributed by atoms with van der Waals surface area (Å²) in [5.74, 6) is 2.32. The second-order valence-electron chi connectivity index (χ2n) is 7.74. The van der Waals surface area contributed by atoms with E-state index in [9.17, 15) is 0 Å². The Morgan fingerprint density at radius 1 is 0.963 bits per heavy atom. The highest BCUT2D eigenvalue weighted by molar-refractivity contribution is 5.29. The Kier molecular flexibility index (Phi) is 6.07. The van der Waals surface area contributed by atoms with E-state index in [2.05, 4.69) is 47.0 Å². The van der Waals surface area contributed by atoms with Crippen LogP contribution in [0.1, 0.15) is 35.4 Å². The molecule has 2 N–H and O–H groups in total. The monoisotopic (exact) mass is 366 g/mol. The molecule has 3 atom stereocenters. The lowest BCUT2D eigenvalue weighted by Gasteiger charge is -2.33. The van der Waals surface area contributed by atoms with Crippen LogP contribution in [0.4, 0.5) is 0 Å². The maximum Gasteiger partial charge on any atom is 0.119 e. The molecular weight excluding hydrogens is 336 g/mol. The topological polar surface area (TPSA) is 42.5 Å². The Labute approximate surface area is 162 Å². The molecule has 2 fully saturated rings. The molecule has 0 aromatic heterocycles. The van der Waals surface area contributed by atoms with Gasteiger partial charge in [-0.3, -0.25) is 0 Å². The van der Waals surface area contributed by atoms with Gasteiger partial charge < -0.3 is 20.1 Å². The molecule has 0 amide bonds. The first-order valence-corrected chi connectivity index (χ1v) is 10.1. The van der Waals surface area contributed by atoms with Crippen LogP contribution in [0.5, 0.6) is 5.75 Å². The molecule has 2 aromatic carbocycles. The Hall–Kier alpha value is -1.88. The van der Waals surface area contributed by atoms with Gasteiger partial charge in [-0.25, -0.2) is 0 Å². The lowest BCUT2D eigenvalue weighted by molar-refractivity contribution is 0.202. The van der Waals surface area contributed by atoms with E-state index >= 15 is 0 Å². The molecular formula is C23H30N2O2. The SMILES string of the molecule is COCCc1ccc(OCc2ccc(C3CNC4NCCC4C3)cc2)cc1. The molecule has 2 aliphatic heterocycles. The second kappa shape index (κ2) is 8.87. The van der Waals surface area contributed by atoms with Crippen molar-refractivity contribution < 1.29 is 9.47 Å². The number of methoxy groups -OCH3 is 1. The number of fused-ring (bicyclic) bond motifs is 1. The van der Waals surface area contributed by atoms with E-state index < -0.39 is 0 Å². The summed E-state index contributed by atoms with van der Waals surface area (Å²) in [7, 11) is 1.73. The molecule has 2 aromatic rings. The first-order chi connectivity index (χ1) is 13.3. The number of ether oxygens (including phenoxy) is 2. The predicted octanol–water partition coefficient (Wildman–Crippen LogP) is 3.47. The number of benzene rings is 2. The lowest BCUT2D eigenvalue weighted by atomic mass is 9.83. The lowest BCUT2D eigenvalue weighted by Crippen LogP contribution is -2.47. The van der Waals surface area contributed by atoms with Gasteiger partial charge in [0.15, 0.2) is 0 Å². The summed E-state index contributed by atoms with van der Waals surface area (Å²) >= 11 is 0. The van der Waals surface area contributed by atoms with Crippen LogP contribution in [0.25, 0.3) is 0 Å². The van der Waals surface area contributed by atoms with Crippen LogP contribution in [0.15, 0.2) is 48.5 Å². The molecule has 4 heteroatoms. The molecule has 3 unspecified atom stereocenters. The second-order valence-corrected chi connectivity index (χ2v) is 7.74. The summed E-state index contributed by atoms with van der Waals surface area (Å²) in [4.78, 5) is 0. The first-order valence-electron chi connectivity index (χ1n) is 10.1. The molecule has 0 aliphatic carbocycles. The molecule has 0 spiro atoms. The molecule has 2 aliphatic rings. The molecule has 0 radical (unpaired) electrons. The Bertz CT molecular complexity index is 714. The average Bonchev–Trinajstić information content (AvgIpc) is 3.20. The van der Waals surface area contributed by atoms with Gasteiger partial charge in [-0.2, -0.15) is 0 Å². The molecule has 4 nitrogen and oxygen atoms in total. The third-order valence-electron chi connectivity index (χ3n) is 5.90. The van der Waals surface area contributed by atoms with Crippen LogP contribution in [0, 0.1) is 5.92 Å². The van der Waals surface area contributed by atoms with Crippen molar-refractivity contribution in [1.29, 1.82) is 0 Å². The number of hydrogen-bond acceptors (Lipinski definition) is 4. The van der Waals surface area contributed by atoms with E-state index in [0.717, 1.165) is 37.8 Å². The van der Waals surface area contributed by atoms with Crippen molar-refractivity contribution in [3.8, 4) is 5.75 Å². The van der Waals surface area contributed by atoms with Gasteiger partial charge in [-0.05, 0) is 66.5 Å². The maximum absolute atomic E-state index is 5.94. The van der Waals surface area contributed by atoms with E-state index in [1.165, 1.54) is 29.5 Å². The van der Waals surface area contributed by atoms with Crippen molar-refractivity contribution in [1.82, 2.24) is 10.6 Å². The number of hydrogen-bond donors (Lipinski definition) is 2. The van der Waals surface area contributed by atoms with Crippen LogP contribution >= 0.6 is 0 Å². The van der Waals surface area contributed by atoms with Crippen LogP contribution in [-0.2, 0) is 17.8 Å². The van der Waals surface area contributed by atoms with Gasteiger partial charge >= 0.3 is 0 Å². The zero-order valence-corrected chi connectivity index (χ0v) is 16.1. The molecule has 0 saturated carbocycles. The highest BCUT2D eigenvalue weighted by atomic mass is 16.5. The first kappa shape index (κ1) is 18.5. The fourth-order valence-corrected chi connectivity index (χ4v) is 4.25. The van der Waals surface area contributed by atoms with Crippen molar-refractivity contribution >= 4 is 0 Å². The third-order valence-corrected chi connectivity index (χ3v) is 5.90. The van der Waals surface area contributed by atoms with E-state index in [1.54, 1.807) is 7.11 Å². The summed E-state index contributed by atoms with van der Waals surface area (Å²) in [6, 6.07) is 17.3. The molecule has 144 valence electrons. The standard InChI is InChI=1S/C23H30N2O2/c1-26-13-11-17-4-8-22(9-5-17)27-16-18-2-6-19(7-3-18)21-14-20-10-12-24-23(20)25-15-21/h2-9,20-21,23-25H,10-16H2,1H3. The van der Waals surface area contributed by atoms with Gasteiger partial charge in [0.05, 0.1) is 12.8 Å². The van der Waals surface area contributed by atoms with Crippen LogP contribution < -0.4 is 15.4 Å². The van der Waals surface area contributed by atoms with E-state index in [0.29, 0.717) is 18.7 Å². The van der Waals surface area contributed by atoms with Crippen molar-refractivity contribution in [2.24, 2.45) is 5.92 Å². The van der Waals surface area contributed by atoms with Crippen molar-refractivity contribution in [2.45, 2.75) is 38.0 Å². The maximum atomic E-state index is 5.94. The molecule has 4 rings (SSSR count). The minimum absolute atomic E-state index is 0.537. The summed E-state index contributed by atoms with van der Waals surface area (Å²) in [5, 5.41) is 7.22. The normalized spacial score (nSPS) is 24.6.